The van der Waals surface area contributed by atoms with Crippen molar-refractivity contribution in [1.29, 1.82) is 0 Å². The first kappa shape index (κ1) is 23.2. The van der Waals surface area contributed by atoms with E-state index in [9.17, 15) is 18.7 Å². The van der Waals surface area contributed by atoms with Gasteiger partial charge in [-0.2, -0.15) is 4.98 Å². The number of hydrogen-bond donors (Lipinski definition) is 3. The summed E-state index contributed by atoms with van der Waals surface area (Å²) >= 11 is 6.35. The van der Waals surface area contributed by atoms with Gasteiger partial charge in [-0.25, -0.2) is 13.8 Å². The Morgan fingerprint density at radius 1 is 1.33 bits per heavy atom. The molecule has 3 aromatic rings. The Morgan fingerprint density at radius 2 is 2.11 bits per heavy atom. The lowest BCUT2D eigenvalue weighted by molar-refractivity contribution is -0.0579. The van der Waals surface area contributed by atoms with Crippen LogP contribution < -0.4 is 25.8 Å². The van der Waals surface area contributed by atoms with E-state index < -0.39 is 24.1 Å². The summed E-state index contributed by atoms with van der Waals surface area (Å²) in [5.41, 5.74) is 0.978. The zero-order valence-corrected chi connectivity index (χ0v) is 20.2. The van der Waals surface area contributed by atoms with Gasteiger partial charge in [0.25, 0.3) is 5.56 Å². The predicted molar refractivity (Wildman–Crippen MR) is 133 cm³/mol. The zero-order chi connectivity index (χ0) is 25.2. The van der Waals surface area contributed by atoms with Crippen LogP contribution in [0.2, 0.25) is 5.02 Å². The van der Waals surface area contributed by atoms with E-state index in [1.54, 1.807) is 25.2 Å². The van der Waals surface area contributed by atoms with E-state index in [2.05, 4.69) is 20.6 Å². The monoisotopic (exact) mass is 518 g/mol. The second-order valence-corrected chi connectivity index (χ2v) is 10.2. The van der Waals surface area contributed by atoms with Gasteiger partial charge >= 0.3 is 5.92 Å². The fraction of sp³-hybridized carbons (Fsp3) is 0.458. The number of hydrogen-bond acceptors (Lipinski definition) is 8. The highest BCUT2D eigenvalue weighted by atomic mass is 35.5. The molecule has 4 heterocycles. The maximum atomic E-state index is 14.9. The molecular weight excluding hydrogens is 494 g/mol. The lowest BCUT2D eigenvalue weighted by Crippen LogP contribution is -2.49. The number of aryl methyl sites for hydroxylation is 1. The average molecular weight is 519 g/mol. The fourth-order valence-corrected chi connectivity index (χ4v) is 5.01. The number of aromatic nitrogens is 3. The molecule has 2 aromatic heterocycles. The molecule has 3 N–H and O–H groups in total. The molecule has 0 radical (unpaired) electrons. The van der Waals surface area contributed by atoms with E-state index in [-0.39, 0.29) is 29.9 Å². The molecule has 1 aliphatic carbocycles. The van der Waals surface area contributed by atoms with Crippen molar-refractivity contribution in [3.05, 3.63) is 39.8 Å². The third kappa shape index (κ3) is 3.90. The number of fused-ring (bicyclic) bond motifs is 3. The molecule has 2 aliphatic heterocycles. The number of aliphatic hydroxyl groups excluding tert-OH is 1. The lowest BCUT2D eigenvalue weighted by Gasteiger charge is -2.38. The first-order chi connectivity index (χ1) is 17.2. The minimum atomic E-state index is -3.11. The number of anilines is 4. The van der Waals surface area contributed by atoms with Gasteiger partial charge in [0.15, 0.2) is 12.4 Å². The number of pyridine rings is 1. The van der Waals surface area contributed by atoms with Gasteiger partial charge in [-0.15, -0.1) is 0 Å². The highest BCUT2D eigenvalue weighted by molar-refractivity contribution is 6.32. The van der Waals surface area contributed by atoms with Crippen molar-refractivity contribution in [2.45, 2.75) is 24.8 Å². The third-order valence-corrected chi connectivity index (χ3v) is 7.38. The molecule has 6 rings (SSSR count). The molecule has 1 aromatic carbocycles. The summed E-state index contributed by atoms with van der Waals surface area (Å²) in [6.45, 7) is 0.586. The number of rotatable bonds is 5. The van der Waals surface area contributed by atoms with E-state index in [1.165, 1.54) is 10.8 Å². The number of nitrogens with zero attached hydrogens (tertiary/aromatic N) is 4. The molecular formula is C24H25ClF2N6O3. The van der Waals surface area contributed by atoms with Crippen molar-refractivity contribution < 1.29 is 18.6 Å². The molecule has 12 heteroatoms. The minimum Gasteiger partial charge on any atom is -0.480 e. The van der Waals surface area contributed by atoms with Crippen molar-refractivity contribution >= 4 is 45.6 Å². The van der Waals surface area contributed by atoms with Crippen molar-refractivity contribution in [3.63, 3.8) is 0 Å². The predicted octanol–water partition coefficient (Wildman–Crippen LogP) is 3.37. The standard InChI is InChI=1S/C24H25ClF2N6O3/c1-32-17-5-4-14(29-21-16(25)7-28-23(31-21)33-8-12(9-33)10-34)6-15(17)18-19(22(32)35)36-11-24(26,27)20(30-18)13-2-3-13/h4-7,12-13,20,30,34H,2-3,8-11H2,1H3,(H,28,29,31)/t20-/m0/s1. The molecule has 0 amide bonds. The van der Waals surface area contributed by atoms with Crippen LogP contribution in [-0.2, 0) is 7.05 Å². The summed E-state index contributed by atoms with van der Waals surface area (Å²) < 4.78 is 36.5. The second kappa shape index (κ2) is 8.45. The van der Waals surface area contributed by atoms with Crippen LogP contribution in [0.3, 0.4) is 0 Å². The Hall–Kier alpha value is -3.18. The largest absolute Gasteiger partial charge is 0.480 e. The zero-order valence-electron chi connectivity index (χ0n) is 19.5. The number of nitrogens with one attached hydrogen (secondary N) is 2. The Morgan fingerprint density at radius 3 is 2.83 bits per heavy atom. The minimum absolute atomic E-state index is 0.108. The fourth-order valence-electron chi connectivity index (χ4n) is 4.87. The summed E-state index contributed by atoms with van der Waals surface area (Å²) in [4.78, 5) is 23.7. The van der Waals surface area contributed by atoms with Crippen molar-refractivity contribution in [2.75, 3.05) is 41.8 Å². The molecule has 0 unspecified atom stereocenters. The van der Waals surface area contributed by atoms with Gasteiger partial charge in [-0.05, 0) is 37.0 Å². The van der Waals surface area contributed by atoms with E-state index in [4.69, 9.17) is 16.3 Å². The molecule has 190 valence electrons. The van der Waals surface area contributed by atoms with E-state index in [1.807, 2.05) is 4.90 Å². The highest BCUT2D eigenvalue weighted by Gasteiger charge is 2.51. The first-order valence-corrected chi connectivity index (χ1v) is 12.2. The molecule has 0 spiro atoms. The molecule has 1 saturated heterocycles. The quantitative estimate of drug-likeness (QED) is 0.472. The van der Waals surface area contributed by atoms with Gasteiger partial charge in [-0.3, -0.25) is 4.79 Å². The van der Waals surface area contributed by atoms with Crippen molar-refractivity contribution in [2.24, 2.45) is 18.9 Å². The van der Waals surface area contributed by atoms with Crippen LogP contribution in [0.1, 0.15) is 12.8 Å². The maximum absolute atomic E-state index is 14.9. The van der Waals surface area contributed by atoms with Gasteiger partial charge in [-0.1, -0.05) is 11.6 Å². The number of aliphatic hydroxyl groups is 1. The van der Waals surface area contributed by atoms with Crippen LogP contribution in [0.15, 0.2) is 29.2 Å². The van der Waals surface area contributed by atoms with E-state index in [0.29, 0.717) is 59.3 Å². The molecule has 9 nitrogen and oxygen atoms in total. The van der Waals surface area contributed by atoms with Crippen LogP contribution in [-0.4, -0.2) is 57.9 Å². The molecule has 3 aliphatic rings. The first-order valence-electron chi connectivity index (χ1n) is 11.8. The second-order valence-electron chi connectivity index (χ2n) is 9.75. The Kier molecular flexibility index (Phi) is 5.45. The smallest absolute Gasteiger partial charge is 0.301 e. The molecule has 2 fully saturated rings. The van der Waals surface area contributed by atoms with E-state index in [0.717, 1.165) is 0 Å². The van der Waals surface area contributed by atoms with Gasteiger partial charge in [0, 0.05) is 43.7 Å². The van der Waals surface area contributed by atoms with Gasteiger partial charge < -0.3 is 29.9 Å². The van der Waals surface area contributed by atoms with Gasteiger partial charge in [0.2, 0.25) is 11.7 Å². The Labute approximate surface area is 210 Å². The normalized spacial score (nSPS) is 21.2. The third-order valence-electron chi connectivity index (χ3n) is 7.10. The Bertz CT molecular complexity index is 1410. The summed E-state index contributed by atoms with van der Waals surface area (Å²) in [5, 5.41) is 16.3. The SMILES string of the molecule is Cn1c(=O)c2c(c3cc(Nc4nc(N5CC(CO)C5)ncc4Cl)ccc31)N[C@@H](C1CC1)C(F)(F)CO2. The summed E-state index contributed by atoms with van der Waals surface area (Å²) in [7, 11) is 1.59. The summed E-state index contributed by atoms with van der Waals surface area (Å²) in [6, 6.07) is 4.17. The van der Waals surface area contributed by atoms with Crippen molar-refractivity contribution in [1.82, 2.24) is 14.5 Å². The number of alkyl halides is 2. The van der Waals surface area contributed by atoms with Crippen LogP contribution in [0.25, 0.3) is 10.9 Å². The van der Waals surface area contributed by atoms with E-state index >= 15 is 0 Å². The molecule has 1 atom stereocenters. The lowest BCUT2D eigenvalue weighted by atomic mass is 10.0. The highest BCUT2D eigenvalue weighted by Crippen LogP contribution is 2.45. The van der Waals surface area contributed by atoms with Crippen LogP contribution in [0.4, 0.5) is 31.9 Å². The van der Waals surface area contributed by atoms with Gasteiger partial charge in [0.05, 0.1) is 23.4 Å². The molecule has 1 saturated carbocycles. The number of ether oxygens (including phenoxy) is 1. The number of benzene rings is 1. The topological polar surface area (TPSA) is 105 Å². The summed E-state index contributed by atoms with van der Waals surface area (Å²) in [5.74, 6) is -2.30. The van der Waals surface area contributed by atoms with Gasteiger partial charge in [0.1, 0.15) is 5.02 Å². The molecule has 36 heavy (non-hydrogen) atoms. The average Bonchev–Trinajstić information content (AvgIpc) is 3.66. The van der Waals surface area contributed by atoms with Crippen molar-refractivity contribution in [3.8, 4) is 5.75 Å². The summed E-state index contributed by atoms with van der Waals surface area (Å²) in [6.07, 6.45) is 2.93. The maximum Gasteiger partial charge on any atom is 0.301 e. The molecule has 0 bridgehead atoms. The Balaban J connectivity index is 1.38. The number of halogens is 3. The van der Waals surface area contributed by atoms with Crippen LogP contribution >= 0.6 is 11.6 Å². The van der Waals surface area contributed by atoms with Crippen LogP contribution in [0.5, 0.6) is 5.75 Å². The van der Waals surface area contributed by atoms with Crippen LogP contribution in [0, 0.1) is 11.8 Å².